The van der Waals surface area contributed by atoms with E-state index in [4.69, 9.17) is 11.6 Å². The third kappa shape index (κ3) is 3.49. The minimum Gasteiger partial charge on any atom is -0.352 e. The smallest absolute Gasteiger partial charge is 0.227 e. The second-order valence-electron chi connectivity index (χ2n) is 4.33. The van der Waals surface area contributed by atoms with E-state index in [0.29, 0.717) is 6.54 Å². The number of hydrogen-bond donors (Lipinski definition) is 1. The number of carbonyl (C=O) groups is 1. The fourth-order valence-electron chi connectivity index (χ4n) is 1.13. The highest BCUT2D eigenvalue weighted by molar-refractivity contribution is 6.19. The Balaban J connectivity index is 2.56. The number of hydrogen-bond acceptors (Lipinski definition) is 1. The summed E-state index contributed by atoms with van der Waals surface area (Å²) >= 11 is 5.67. The van der Waals surface area contributed by atoms with E-state index >= 15 is 0 Å². The number of alkyl halides is 1. The van der Waals surface area contributed by atoms with E-state index < -0.39 is 5.41 Å². The maximum atomic E-state index is 12.9. The molecular formula is C12H15ClFNO. The first-order chi connectivity index (χ1) is 7.45. The van der Waals surface area contributed by atoms with Gasteiger partial charge in [0, 0.05) is 12.4 Å². The van der Waals surface area contributed by atoms with Crippen molar-refractivity contribution in [1.82, 2.24) is 5.32 Å². The zero-order chi connectivity index (χ0) is 12.2. The summed E-state index contributed by atoms with van der Waals surface area (Å²) in [4.78, 5) is 11.7. The molecule has 0 unspecified atom stereocenters. The van der Waals surface area contributed by atoms with Crippen molar-refractivity contribution in [1.29, 1.82) is 0 Å². The van der Waals surface area contributed by atoms with Crippen molar-refractivity contribution in [3.05, 3.63) is 35.6 Å². The van der Waals surface area contributed by atoms with E-state index in [9.17, 15) is 9.18 Å². The van der Waals surface area contributed by atoms with Crippen LogP contribution in [0.15, 0.2) is 24.3 Å². The highest BCUT2D eigenvalue weighted by Gasteiger charge is 2.25. The largest absolute Gasteiger partial charge is 0.352 e. The van der Waals surface area contributed by atoms with E-state index in [1.807, 2.05) is 0 Å². The molecule has 0 bridgehead atoms. The van der Waals surface area contributed by atoms with Gasteiger partial charge in [-0.25, -0.2) is 4.39 Å². The van der Waals surface area contributed by atoms with Gasteiger partial charge in [-0.05, 0) is 31.5 Å². The van der Waals surface area contributed by atoms with Crippen molar-refractivity contribution in [3.63, 3.8) is 0 Å². The lowest BCUT2D eigenvalue weighted by Gasteiger charge is -2.20. The minimum atomic E-state index is -0.602. The van der Waals surface area contributed by atoms with E-state index in [1.165, 1.54) is 12.1 Å². The molecule has 1 N–H and O–H groups in total. The van der Waals surface area contributed by atoms with Crippen LogP contribution in [0.3, 0.4) is 0 Å². The Labute approximate surface area is 99.8 Å². The number of rotatable bonds is 4. The van der Waals surface area contributed by atoms with Crippen LogP contribution >= 0.6 is 11.6 Å². The average Bonchev–Trinajstić information content (AvgIpc) is 2.26. The standard InChI is InChI=1S/C12H15ClFNO/c1-12(2,8-13)11(16)15-7-9-4-3-5-10(14)6-9/h3-6H,7-8H2,1-2H3,(H,15,16). The summed E-state index contributed by atoms with van der Waals surface area (Å²) in [5.41, 5.74) is 0.133. The Hall–Kier alpha value is -1.09. The Morgan fingerprint density at radius 2 is 2.19 bits per heavy atom. The maximum absolute atomic E-state index is 12.9. The van der Waals surface area contributed by atoms with Gasteiger partial charge >= 0.3 is 0 Å². The van der Waals surface area contributed by atoms with Crippen LogP contribution in [0, 0.1) is 11.2 Å². The lowest BCUT2D eigenvalue weighted by atomic mass is 9.95. The molecule has 0 spiro atoms. The SMILES string of the molecule is CC(C)(CCl)C(=O)NCc1cccc(F)c1. The predicted molar refractivity (Wildman–Crippen MR) is 62.7 cm³/mol. The molecule has 2 nitrogen and oxygen atoms in total. The third-order valence-electron chi connectivity index (χ3n) is 2.29. The molecule has 0 saturated heterocycles. The van der Waals surface area contributed by atoms with Gasteiger partial charge in [0.25, 0.3) is 0 Å². The van der Waals surface area contributed by atoms with E-state index in [-0.39, 0.29) is 17.6 Å². The molecule has 0 saturated carbocycles. The highest BCUT2D eigenvalue weighted by atomic mass is 35.5. The second kappa shape index (κ2) is 5.30. The van der Waals surface area contributed by atoms with E-state index in [0.717, 1.165) is 5.56 Å². The van der Waals surface area contributed by atoms with Crippen molar-refractivity contribution < 1.29 is 9.18 Å². The molecular weight excluding hydrogens is 229 g/mol. The van der Waals surface area contributed by atoms with Gasteiger partial charge in [0.05, 0.1) is 5.41 Å². The molecule has 1 rings (SSSR count). The quantitative estimate of drug-likeness (QED) is 0.810. The van der Waals surface area contributed by atoms with E-state index in [2.05, 4.69) is 5.32 Å². The lowest BCUT2D eigenvalue weighted by molar-refractivity contribution is -0.128. The van der Waals surface area contributed by atoms with Gasteiger partial charge in [0.2, 0.25) is 5.91 Å². The van der Waals surface area contributed by atoms with Gasteiger partial charge in [0.1, 0.15) is 5.82 Å². The van der Waals surface area contributed by atoms with Gasteiger partial charge in [-0.15, -0.1) is 11.6 Å². The molecule has 1 aromatic rings. The molecule has 0 atom stereocenters. The number of nitrogens with one attached hydrogen (secondary N) is 1. The lowest BCUT2D eigenvalue weighted by Crippen LogP contribution is -2.37. The first kappa shape index (κ1) is 13.0. The van der Waals surface area contributed by atoms with E-state index in [1.54, 1.807) is 26.0 Å². The molecule has 1 amide bonds. The number of benzene rings is 1. The van der Waals surface area contributed by atoms with Gasteiger partial charge in [-0.2, -0.15) is 0 Å². The summed E-state index contributed by atoms with van der Waals surface area (Å²) in [7, 11) is 0. The van der Waals surface area contributed by atoms with Gasteiger partial charge < -0.3 is 5.32 Å². The van der Waals surface area contributed by atoms with Gasteiger partial charge in [-0.1, -0.05) is 12.1 Å². The maximum Gasteiger partial charge on any atom is 0.227 e. The first-order valence-electron chi connectivity index (χ1n) is 5.04. The molecule has 0 heterocycles. The Morgan fingerprint density at radius 1 is 1.50 bits per heavy atom. The molecule has 0 fully saturated rings. The molecule has 0 aliphatic rings. The Kier molecular flexibility index (Phi) is 4.30. The highest BCUT2D eigenvalue weighted by Crippen LogP contribution is 2.17. The average molecular weight is 244 g/mol. The molecule has 0 radical (unpaired) electrons. The Bertz CT molecular complexity index is 379. The number of halogens is 2. The molecule has 0 aliphatic carbocycles. The first-order valence-corrected chi connectivity index (χ1v) is 5.58. The molecule has 0 aliphatic heterocycles. The van der Waals surface area contributed by atoms with Crippen LogP contribution in [-0.4, -0.2) is 11.8 Å². The predicted octanol–water partition coefficient (Wildman–Crippen LogP) is 2.71. The molecule has 16 heavy (non-hydrogen) atoms. The summed E-state index contributed by atoms with van der Waals surface area (Å²) in [5, 5.41) is 2.73. The van der Waals surface area contributed by atoms with Gasteiger partial charge in [0.15, 0.2) is 0 Å². The summed E-state index contributed by atoms with van der Waals surface area (Å²) in [6.45, 7) is 3.85. The Morgan fingerprint density at radius 3 is 2.75 bits per heavy atom. The number of carbonyl (C=O) groups excluding carboxylic acids is 1. The zero-order valence-electron chi connectivity index (χ0n) is 9.39. The molecule has 1 aromatic carbocycles. The van der Waals surface area contributed by atoms with Crippen molar-refractivity contribution >= 4 is 17.5 Å². The molecule has 4 heteroatoms. The van der Waals surface area contributed by atoms with Gasteiger partial charge in [-0.3, -0.25) is 4.79 Å². The van der Waals surface area contributed by atoms with Crippen LogP contribution in [-0.2, 0) is 11.3 Å². The second-order valence-corrected chi connectivity index (χ2v) is 4.60. The fourth-order valence-corrected chi connectivity index (χ4v) is 1.25. The number of amides is 1. The monoisotopic (exact) mass is 243 g/mol. The van der Waals surface area contributed by atoms with Crippen molar-refractivity contribution in [2.45, 2.75) is 20.4 Å². The van der Waals surface area contributed by atoms with Crippen LogP contribution in [0.1, 0.15) is 19.4 Å². The summed E-state index contributed by atoms with van der Waals surface area (Å²) in [6, 6.07) is 6.14. The topological polar surface area (TPSA) is 29.1 Å². The normalized spacial score (nSPS) is 11.2. The van der Waals surface area contributed by atoms with Crippen molar-refractivity contribution in [2.24, 2.45) is 5.41 Å². The van der Waals surface area contributed by atoms with Crippen LogP contribution < -0.4 is 5.32 Å². The summed E-state index contributed by atoms with van der Waals surface area (Å²) in [5.74, 6) is -0.183. The van der Waals surface area contributed by atoms with Crippen molar-refractivity contribution in [3.8, 4) is 0 Å². The van der Waals surface area contributed by atoms with Crippen LogP contribution in [0.25, 0.3) is 0 Å². The van der Waals surface area contributed by atoms with Crippen molar-refractivity contribution in [2.75, 3.05) is 5.88 Å². The minimum absolute atomic E-state index is 0.133. The fraction of sp³-hybridized carbons (Fsp3) is 0.417. The zero-order valence-corrected chi connectivity index (χ0v) is 10.1. The molecule has 88 valence electrons. The summed E-state index contributed by atoms with van der Waals surface area (Å²) < 4.78 is 12.9. The molecule has 0 aromatic heterocycles. The third-order valence-corrected chi connectivity index (χ3v) is 2.96. The van der Waals surface area contributed by atoms with Crippen LogP contribution in [0.4, 0.5) is 4.39 Å². The van der Waals surface area contributed by atoms with Crippen LogP contribution in [0.5, 0.6) is 0 Å². The van der Waals surface area contributed by atoms with Crippen LogP contribution in [0.2, 0.25) is 0 Å². The summed E-state index contributed by atoms with van der Waals surface area (Å²) in [6.07, 6.45) is 0.